The second kappa shape index (κ2) is 13.3. The maximum Gasteiger partial charge on any atom is 0.0548 e. The Balaban J connectivity index is 1.13. The molecule has 1 heteroatoms. The molecule has 13 aromatic rings. The van der Waals surface area contributed by atoms with Gasteiger partial charge in [-0.05, 0) is 117 Å². The van der Waals surface area contributed by atoms with Gasteiger partial charge in [0.2, 0.25) is 0 Å². The van der Waals surface area contributed by atoms with Crippen molar-refractivity contribution >= 4 is 86.4 Å². The molecule has 0 atom stereocenters. The van der Waals surface area contributed by atoms with E-state index < -0.39 is 0 Å². The fraction of sp³-hybridized carbons (Fsp3) is 0. The molecule has 0 aliphatic rings. The minimum absolute atomic E-state index is 1.18. The van der Waals surface area contributed by atoms with Crippen LogP contribution in [0.3, 0.4) is 0 Å². The zero-order chi connectivity index (χ0) is 40.0. The van der Waals surface area contributed by atoms with Crippen molar-refractivity contribution in [2.45, 2.75) is 0 Å². The molecule has 1 aromatic heterocycles. The summed E-state index contributed by atoms with van der Waals surface area (Å²) in [5.41, 5.74) is 11.0. The second-order valence-electron chi connectivity index (χ2n) is 16.3. The molecule has 0 spiro atoms. The van der Waals surface area contributed by atoms with Crippen LogP contribution in [0.5, 0.6) is 0 Å². The minimum Gasteiger partial charge on any atom is -0.309 e. The third-order valence-corrected chi connectivity index (χ3v) is 13.1. The lowest BCUT2D eigenvalue weighted by molar-refractivity contribution is 1.20. The van der Waals surface area contributed by atoms with Gasteiger partial charge in [0.1, 0.15) is 0 Å². The molecule has 282 valence electrons. The van der Waals surface area contributed by atoms with Crippen LogP contribution in [-0.2, 0) is 0 Å². The topological polar surface area (TPSA) is 4.93 Å². The quantitative estimate of drug-likeness (QED) is 0.157. The highest BCUT2D eigenvalue weighted by atomic mass is 15.0. The van der Waals surface area contributed by atoms with Crippen molar-refractivity contribution in [1.29, 1.82) is 0 Å². The molecule has 0 saturated carbocycles. The molecule has 1 nitrogen and oxygen atoms in total. The predicted molar refractivity (Wildman–Crippen MR) is 262 cm³/mol. The van der Waals surface area contributed by atoms with E-state index in [0.29, 0.717) is 0 Å². The standard InChI is InChI=1S/C60H37N/c1-2-18-41(19-3-1)57-50-24-10-11-25-51(50)58(52-34-31-42(37-53(52)57)44-26-12-20-38-15-4-7-21-43(38)44)49-29-13-28-48-47(49)27-14-30-54(48)61-55-35-32-39-16-5-8-22-45(39)59(55)60-46-23-9-6-17-40(46)33-36-56(60)61/h1-37H. The molecular formula is C60H37N. The Bertz CT molecular complexity index is 3830. The van der Waals surface area contributed by atoms with Crippen LogP contribution in [0.15, 0.2) is 224 Å². The van der Waals surface area contributed by atoms with Gasteiger partial charge in [-0.2, -0.15) is 0 Å². The van der Waals surface area contributed by atoms with Crippen molar-refractivity contribution in [3.05, 3.63) is 224 Å². The predicted octanol–water partition coefficient (Wildman–Crippen LogP) is 16.7. The maximum atomic E-state index is 2.51. The molecule has 0 N–H and O–H groups in total. The van der Waals surface area contributed by atoms with Crippen molar-refractivity contribution in [3.8, 4) is 39.1 Å². The van der Waals surface area contributed by atoms with E-state index in [-0.39, 0.29) is 0 Å². The highest BCUT2D eigenvalue weighted by molar-refractivity contribution is 6.29. The van der Waals surface area contributed by atoms with Gasteiger partial charge in [0.15, 0.2) is 0 Å². The monoisotopic (exact) mass is 771 g/mol. The van der Waals surface area contributed by atoms with Crippen LogP contribution in [0.1, 0.15) is 0 Å². The van der Waals surface area contributed by atoms with E-state index in [9.17, 15) is 0 Å². The number of benzene rings is 12. The van der Waals surface area contributed by atoms with E-state index in [2.05, 4.69) is 229 Å². The molecule has 0 aliphatic heterocycles. The lowest BCUT2D eigenvalue weighted by Crippen LogP contribution is -1.97. The smallest absolute Gasteiger partial charge is 0.0548 e. The SMILES string of the molecule is c1ccc(-c2c3ccccc3c(-c3cccc4c(-n5c6ccc7ccccc7c6c6c7ccccc7ccc65)cccc34)c3ccc(-c4cccc5ccccc45)cc23)cc1. The van der Waals surface area contributed by atoms with Crippen LogP contribution in [0.2, 0.25) is 0 Å². The van der Waals surface area contributed by atoms with E-state index in [1.807, 2.05) is 0 Å². The Labute approximate surface area is 353 Å². The molecule has 0 saturated heterocycles. The summed E-state index contributed by atoms with van der Waals surface area (Å²) in [5.74, 6) is 0. The first-order chi connectivity index (χ1) is 30.3. The zero-order valence-electron chi connectivity index (χ0n) is 33.3. The Morgan fingerprint density at radius 1 is 0.246 bits per heavy atom. The molecule has 0 unspecified atom stereocenters. The van der Waals surface area contributed by atoms with E-state index in [1.165, 1.54) is 126 Å². The fourth-order valence-corrected chi connectivity index (χ4v) is 10.5. The van der Waals surface area contributed by atoms with Crippen LogP contribution in [-0.4, -0.2) is 4.57 Å². The lowest BCUT2D eigenvalue weighted by atomic mass is 9.83. The number of aromatic nitrogens is 1. The molecule has 0 aliphatic carbocycles. The Kier molecular flexibility index (Phi) is 7.37. The largest absolute Gasteiger partial charge is 0.309 e. The summed E-state index contributed by atoms with van der Waals surface area (Å²) < 4.78 is 2.51. The molecule has 13 rings (SSSR count). The van der Waals surface area contributed by atoms with E-state index in [1.54, 1.807) is 0 Å². The van der Waals surface area contributed by atoms with Gasteiger partial charge in [0.25, 0.3) is 0 Å². The van der Waals surface area contributed by atoms with Gasteiger partial charge in [-0.15, -0.1) is 0 Å². The molecule has 0 amide bonds. The van der Waals surface area contributed by atoms with Gasteiger partial charge >= 0.3 is 0 Å². The number of rotatable bonds is 4. The van der Waals surface area contributed by atoms with Gasteiger partial charge < -0.3 is 4.57 Å². The third-order valence-electron chi connectivity index (χ3n) is 13.1. The van der Waals surface area contributed by atoms with Crippen LogP contribution in [0.25, 0.3) is 126 Å². The van der Waals surface area contributed by atoms with Crippen LogP contribution >= 0.6 is 0 Å². The highest BCUT2D eigenvalue weighted by Crippen LogP contribution is 2.48. The van der Waals surface area contributed by atoms with Crippen molar-refractivity contribution < 1.29 is 0 Å². The summed E-state index contributed by atoms with van der Waals surface area (Å²) in [6.07, 6.45) is 0. The Morgan fingerprint density at radius 2 is 0.738 bits per heavy atom. The summed E-state index contributed by atoms with van der Waals surface area (Å²) >= 11 is 0. The third kappa shape index (κ3) is 5.02. The molecule has 1 heterocycles. The molecule has 0 radical (unpaired) electrons. The van der Waals surface area contributed by atoms with Crippen LogP contribution in [0, 0.1) is 0 Å². The minimum atomic E-state index is 1.18. The number of fused-ring (bicyclic) bond motifs is 11. The van der Waals surface area contributed by atoms with Crippen LogP contribution < -0.4 is 0 Å². The Hall–Kier alpha value is -8.00. The second-order valence-corrected chi connectivity index (χ2v) is 16.3. The van der Waals surface area contributed by atoms with Crippen molar-refractivity contribution in [2.75, 3.05) is 0 Å². The van der Waals surface area contributed by atoms with Crippen molar-refractivity contribution in [2.24, 2.45) is 0 Å². The number of nitrogens with zero attached hydrogens (tertiary/aromatic N) is 1. The van der Waals surface area contributed by atoms with E-state index in [0.717, 1.165) is 0 Å². The number of hydrogen-bond donors (Lipinski definition) is 0. The summed E-state index contributed by atoms with van der Waals surface area (Å²) in [4.78, 5) is 0. The fourth-order valence-electron chi connectivity index (χ4n) is 10.5. The summed E-state index contributed by atoms with van der Waals surface area (Å²) in [6.45, 7) is 0. The first-order valence-electron chi connectivity index (χ1n) is 21.2. The molecular weight excluding hydrogens is 735 g/mol. The average Bonchev–Trinajstić information content (AvgIpc) is 3.68. The average molecular weight is 772 g/mol. The molecule has 12 aromatic carbocycles. The van der Waals surface area contributed by atoms with Gasteiger partial charge in [0, 0.05) is 16.2 Å². The Morgan fingerprint density at radius 3 is 1.44 bits per heavy atom. The summed E-state index contributed by atoms with van der Waals surface area (Å²) in [6, 6.07) is 83.2. The van der Waals surface area contributed by atoms with Gasteiger partial charge in [0.05, 0.1) is 16.7 Å². The molecule has 61 heavy (non-hydrogen) atoms. The van der Waals surface area contributed by atoms with Gasteiger partial charge in [-0.3, -0.25) is 0 Å². The molecule has 0 fully saturated rings. The van der Waals surface area contributed by atoms with Crippen molar-refractivity contribution in [3.63, 3.8) is 0 Å². The van der Waals surface area contributed by atoms with Crippen molar-refractivity contribution in [1.82, 2.24) is 4.57 Å². The highest BCUT2D eigenvalue weighted by Gasteiger charge is 2.22. The van der Waals surface area contributed by atoms with Crippen LogP contribution in [0.4, 0.5) is 0 Å². The molecule has 0 bridgehead atoms. The summed E-state index contributed by atoms with van der Waals surface area (Å²) in [5, 5.41) is 17.6. The first-order valence-corrected chi connectivity index (χ1v) is 21.2. The zero-order valence-corrected chi connectivity index (χ0v) is 33.3. The van der Waals surface area contributed by atoms with E-state index >= 15 is 0 Å². The van der Waals surface area contributed by atoms with E-state index in [4.69, 9.17) is 0 Å². The first kappa shape index (κ1) is 33.9. The lowest BCUT2D eigenvalue weighted by Gasteiger charge is -2.20. The van der Waals surface area contributed by atoms with Gasteiger partial charge in [-0.1, -0.05) is 200 Å². The van der Waals surface area contributed by atoms with Gasteiger partial charge in [-0.25, -0.2) is 0 Å². The normalized spacial score (nSPS) is 11.9. The summed E-state index contributed by atoms with van der Waals surface area (Å²) in [7, 11) is 0. The maximum absolute atomic E-state index is 2.51. The number of hydrogen-bond acceptors (Lipinski definition) is 0.